The van der Waals surface area contributed by atoms with Gasteiger partial charge in [-0.15, -0.1) is 0 Å². The zero-order chi connectivity index (χ0) is 23.4. The number of carboxylic acids is 1. The summed E-state index contributed by atoms with van der Waals surface area (Å²) in [5.74, 6) is -0.000862. The summed E-state index contributed by atoms with van der Waals surface area (Å²) in [6.45, 7) is 1.14. The third kappa shape index (κ3) is 4.83. The summed E-state index contributed by atoms with van der Waals surface area (Å²) in [5, 5.41) is 14.3. The van der Waals surface area contributed by atoms with Gasteiger partial charge < -0.3 is 24.5 Å². The minimum absolute atomic E-state index is 0.171. The monoisotopic (exact) mass is 448 g/mol. The smallest absolute Gasteiger partial charge is 0.352 e. The molecule has 6 nitrogen and oxygen atoms in total. The number of carboxylic acid groups (broad SMARTS) is 1. The minimum atomic E-state index is -1.04. The lowest BCUT2D eigenvalue weighted by molar-refractivity contribution is 0.0684. The van der Waals surface area contributed by atoms with Gasteiger partial charge in [-0.2, -0.15) is 0 Å². The number of aromatic nitrogens is 1. The number of hydrogen-bond acceptors (Lipinski definition) is 4. The van der Waals surface area contributed by atoms with Crippen molar-refractivity contribution in [2.75, 3.05) is 14.2 Å². The fraction of sp³-hybridized carbons (Fsp3) is 0.192. The Morgan fingerprint density at radius 2 is 1.67 bits per heavy atom. The molecule has 1 aromatic heterocycles. The average molecular weight is 448 g/mol. The summed E-state index contributed by atoms with van der Waals surface area (Å²) in [4.78, 5) is 12.4. The van der Waals surface area contributed by atoms with Crippen LogP contribution in [-0.4, -0.2) is 29.9 Å². The fourth-order valence-corrected chi connectivity index (χ4v) is 4.01. The van der Waals surface area contributed by atoms with Gasteiger partial charge in [-0.3, -0.25) is 0 Å². The summed E-state index contributed by atoms with van der Waals surface area (Å²) in [6.07, 6.45) is 0. The highest BCUT2D eigenvalue weighted by Crippen LogP contribution is 2.31. The first kappa shape index (κ1) is 22.4. The van der Waals surface area contributed by atoms with E-state index in [0.717, 1.165) is 22.2 Å². The molecule has 170 valence electrons. The van der Waals surface area contributed by atoms with Crippen molar-refractivity contribution in [1.82, 2.24) is 9.88 Å². The van der Waals surface area contributed by atoms with E-state index in [-0.39, 0.29) is 18.1 Å². The molecular formula is C26H25FN2O4. The number of hydrogen-bond donors (Lipinski definition) is 2. The zero-order valence-corrected chi connectivity index (χ0v) is 18.5. The molecular weight excluding hydrogens is 423 g/mol. The van der Waals surface area contributed by atoms with Crippen LogP contribution in [0, 0.1) is 5.82 Å². The van der Waals surface area contributed by atoms with Crippen LogP contribution in [0.25, 0.3) is 10.9 Å². The molecule has 0 aliphatic rings. The Kier molecular flexibility index (Phi) is 6.60. The lowest BCUT2D eigenvalue weighted by atomic mass is 10.1. The largest absolute Gasteiger partial charge is 0.497 e. The topological polar surface area (TPSA) is 72.7 Å². The highest BCUT2D eigenvalue weighted by atomic mass is 19.1. The van der Waals surface area contributed by atoms with Crippen molar-refractivity contribution in [3.05, 3.63) is 94.9 Å². The van der Waals surface area contributed by atoms with Crippen LogP contribution in [0.15, 0.2) is 66.7 Å². The van der Waals surface area contributed by atoms with Crippen molar-refractivity contribution < 1.29 is 23.8 Å². The molecule has 0 saturated heterocycles. The molecule has 0 bridgehead atoms. The van der Waals surface area contributed by atoms with Crippen LogP contribution in [0.5, 0.6) is 11.5 Å². The summed E-state index contributed by atoms with van der Waals surface area (Å²) in [5.41, 5.74) is 3.29. The molecule has 3 aromatic carbocycles. The number of carbonyl (C=O) groups is 1. The second kappa shape index (κ2) is 9.75. The van der Waals surface area contributed by atoms with Crippen LogP contribution in [-0.2, 0) is 19.6 Å². The van der Waals surface area contributed by atoms with Crippen LogP contribution in [0.3, 0.4) is 0 Å². The van der Waals surface area contributed by atoms with Gasteiger partial charge in [0.2, 0.25) is 0 Å². The number of methoxy groups -OCH3 is 2. The Bertz CT molecular complexity index is 1280. The van der Waals surface area contributed by atoms with Crippen LogP contribution in [0.2, 0.25) is 0 Å². The number of ether oxygens (including phenoxy) is 2. The maximum absolute atomic E-state index is 13.8. The molecule has 0 aliphatic heterocycles. The van der Waals surface area contributed by atoms with Crippen molar-refractivity contribution >= 4 is 16.9 Å². The number of rotatable bonds is 9. The molecule has 0 fully saturated rings. The molecule has 4 rings (SSSR count). The van der Waals surface area contributed by atoms with E-state index in [0.29, 0.717) is 30.0 Å². The highest BCUT2D eigenvalue weighted by Gasteiger charge is 2.23. The van der Waals surface area contributed by atoms with Gasteiger partial charge >= 0.3 is 5.97 Å². The minimum Gasteiger partial charge on any atom is -0.497 e. The summed E-state index contributed by atoms with van der Waals surface area (Å²) in [6, 6.07) is 19.4. The van der Waals surface area contributed by atoms with E-state index in [9.17, 15) is 14.3 Å². The summed E-state index contributed by atoms with van der Waals surface area (Å²) in [7, 11) is 3.19. The predicted octanol–water partition coefficient (Wildman–Crippen LogP) is 4.83. The number of nitrogens with zero attached hydrogens (tertiary/aromatic N) is 1. The van der Waals surface area contributed by atoms with E-state index in [4.69, 9.17) is 9.47 Å². The van der Waals surface area contributed by atoms with Crippen LogP contribution < -0.4 is 14.8 Å². The molecule has 7 heteroatoms. The molecule has 4 aromatic rings. The lowest BCUT2D eigenvalue weighted by Gasteiger charge is -2.11. The molecule has 0 atom stereocenters. The SMILES string of the molecule is COc1ccc(CNCc2c(C(=O)O)n(Cc3cccc(F)c3)c3cc(OC)ccc23)cc1. The van der Waals surface area contributed by atoms with E-state index in [2.05, 4.69) is 5.32 Å². The normalized spacial score (nSPS) is 11.0. The van der Waals surface area contributed by atoms with E-state index in [1.165, 1.54) is 12.1 Å². The van der Waals surface area contributed by atoms with Crippen molar-refractivity contribution in [2.45, 2.75) is 19.6 Å². The van der Waals surface area contributed by atoms with Gasteiger partial charge in [-0.25, -0.2) is 9.18 Å². The van der Waals surface area contributed by atoms with Gasteiger partial charge in [-0.05, 0) is 47.5 Å². The molecule has 0 saturated carbocycles. The van der Waals surface area contributed by atoms with Crippen molar-refractivity contribution in [2.24, 2.45) is 0 Å². The maximum Gasteiger partial charge on any atom is 0.352 e. The van der Waals surface area contributed by atoms with E-state index in [1.807, 2.05) is 42.5 Å². The number of aromatic carboxylic acids is 1. The van der Waals surface area contributed by atoms with Gasteiger partial charge in [-0.1, -0.05) is 24.3 Å². The Hall–Kier alpha value is -3.84. The van der Waals surface area contributed by atoms with E-state index < -0.39 is 5.97 Å². The van der Waals surface area contributed by atoms with Gasteiger partial charge in [0.1, 0.15) is 23.0 Å². The van der Waals surface area contributed by atoms with Gasteiger partial charge in [0.05, 0.1) is 19.7 Å². The molecule has 0 spiro atoms. The quantitative estimate of drug-likeness (QED) is 0.384. The van der Waals surface area contributed by atoms with Crippen LogP contribution >= 0.6 is 0 Å². The van der Waals surface area contributed by atoms with Gasteiger partial charge in [0.25, 0.3) is 0 Å². The third-order valence-corrected chi connectivity index (χ3v) is 5.60. The molecule has 0 amide bonds. The number of halogens is 1. The molecule has 0 unspecified atom stereocenters. The van der Waals surface area contributed by atoms with Crippen molar-refractivity contribution in [3.8, 4) is 11.5 Å². The number of benzene rings is 3. The lowest BCUT2D eigenvalue weighted by Crippen LogP contribution is -2.17. The first-order valence-corrected chi connectivity index (χ1v) is 10.5. The zero-order valence-electron chi connectivity index (χ0n) is 18.5. The molecule has 0 radical (unpaired) electrons. The Balaban J connectivity index is 1.71. The molecule has 0 aliphatic carbocycles. The Morgan fingerprint density at radius 3 is 2.33 bits per heavy atom. The standard InChI is InChI=1S/C26H25FN2O4/c1-32-20-8-6-17(7-9-20)14-28-15-23-22-11-10-21(33-2)13-24(22)29(25(23)26(30)31)16-18-4-3-5-19(27)12-18/h3-13,28H,14-16H2,1-2H3,(H,30,31). The average Bonchev–Trinajstić information content (AvgIpc) is 3.12. The summed E-state index contributed by atoms with van der Waals surface area (Å²) < 4.78 is 26.0. The molecule has 33 heavy (non-hydrogen) atoms. The Labute approximate surface area is 191 Å². The van der Waals surface area contributed by atoms with Crippen LogP contribution in [0.4, 0.5) is 4.39 Å². The van der Waals surface area contributed by atoms with Crippen molar-refractivity contribution in [1.29, 1.82) is 0 Å². The summed E-state index contributed by atoms with van der Waals surface area (Å²) >= 11 is 0. The number of nitrogens with one attached hydrogen (secondary N) is 1. The third-order valence-electron chi connectivity index (χ3n) is 5.60. The first-order chi connectivity index (χ1) is 16.0. The Morgan fingerprint density at radius 1 is 0.939 bits per heavy atom. The van der Waals surface area contributed by atoms with E-state index >= 15 is 0 Å². The second-order valence-electron chi connectivity index (χ2n) is 7.68. The molecule has 1 heterocycles. The van der Waals surface area contributed by atoms with Gasteiger partial charge in [0, 0.05) is 36.7 Å². The second-order valence-corrected chi connectivity index (χ2v) is 7.68. The fourth-order valence-electron chi connectivity index (χ4n) is 4.01. The number of fused-ring (bicyclic) bond motifs is 1. The predicted molar refractivity (Wildman–Crippen MR) is 124 cm³/mol. The molecule has 2 N–H and O–H groups in total. The highest BCUT2D eigenvalue weighted by molar-refractivity contribution is 5.98. The van der Waals surface area contributed by atoms with Crippen LogP contribution in [0.1, 0.15) is 27.2 Å². The van der Waals surface area contributed by atoms with Gasteiger partial charge in [0.15, 0.2) is 0 Å². The first-order valence-electron chi connectivity index (χ1n) is 10.5. The van der Waals surface area contributed by atoms with E-state index in [1.54, 1.807) is 30.9 Å². The van der Waals surface area contributed by atoms with Crippen molar-refractivity contribution in [3.63, 3.8) is 0 Å². The maximum atomic E-state index is 13.8.